The van der Waals surface area contributed by atoms with Crippen LogP contribution in [0.5, 0.6) is 0 Å². The van der Waals surface area contributed by atoms with E-state index in [2.05, 4.69) is 70.8 Å². The van der Waals surface area contributed by atoms with E-state index in [-0.39, 0.29) is 0 Å². The number of hydrogen-bond donors (Lipinski definition) is 1. The van der Waals surface area contributed by atoms with Crippen LogP contribution >= 0.6 is 0 Å². The number of allylic oxidation sites excluding steroid dienone is 2. The van der Waals surface area contributed by atoms with Crippen molar-refractivity contribution in [2.24, 2.45) is 7.05 Å². The van der Waals surface area contributed by atoms with Gasteiger partial charge in [-0.1, -0.05) is 35.9 Å². The first kappa shape index (κ1) is 26.0. The van der Waals surface area contributed by atoms with Gasteiger partial charge in [0, 0.05) is 64.4 Å². The van der Waals surface area contributed by atoms with Gasteiger partial charge in [0.15, 0.2) is 5.82 Å². The lowest BCUT2D eigenvalue weighted by Gasteiger charge is -2.17. The number of fused-ring (bicyclic) bond motifs is 3. The van der Waals surface area contributed by atoms with Crippen molar-refractivity contribution < 1.29 is 4.74 Å². The minimum Gasteiger partial charge on any atom is -0.383 e. The number of nitrogens with zero attached hydrogens (tertiary/aromatic N) is 7. The summed E-state index contributed by atoms with van der Waals surface area (Å²) in [5, 5.41) is 12.7. The van der Waals surface area contributed by atoms with Crippen molar-refractivity contribution in [1.29, 1.82) is 0 Å². The fraction of sp³-hybridized carbons (Fsp3) is 0.355. The van der Waals surface area contributed by atoms with Crippen LogP contribution in [0.25, 0.3) is 16.8 Å². The molecule has 1 aliphatic heterocycles. The maximum Gasteiger partial charge on any atom is 0.228 e. The molecule has 0 unspecified atom stereocenters. The van der Waals surface area contributed by atoms with Gasteiger partial charge in [-0.05, 0) is 48.4 Å². The quantitative estimate of drug-likeness (QED) is 0.347. The van der Waals surface area contributed by atoms with Crippen LogP contribution in [0.15, 0.2) is 60.6 Å². The van der Waals surface area contributed by atoms with Gasteiger partial charge >= 0.3 is 0 Å². The molecule has 0 spiro atoms. The molecule has 9 heteroatoms. The molecule has 0 radical (unpaired) electrons. The van der Waals surface area contributed by atoms with Crippen molar-refractivity contribution in [2.75, 3.05) is 32.6 Å². The highest BCUT2D eigenvalue weighted by Crippen LogP contribution is 2.36. The van der Waals surface area contributed by atoms with Gasteiger partial charge in [-0.2, -0.15) is 10.2 Å². The van der Waals surface area contributed by atoms with E-state index in [9.17, 15) is 0 Å². The number of hydrogen-bond acceptors (Lipinski definition) is 7. The first-order valence-corrected chi connectivity index (χ1v) is 13.9. The molecular formula is C31H36N8O. The Bertz CT molecular complexity index is 1590. The van der Waals surface area contributed by atoms with Crippen molar-refractivity contribution in [3.8, 4) is 11.3 Å². The van der Waals surface area contributed by atoms with Crippen LogP contribution < -0.4 is 5.32 Å². The largest absolute Gasteiger partial charge is 0.383 e. The summed E-state index contributed by atoms with van der Waals surface area (Å²) in [5.41, 5.74) is 10.7. The normalized spacial score (nSPS) is 14.8. The molecule has 0 saturated heterocycles. The van der Waals surface area contributed by atoms with Crippen molar-refractivity contribution in [3.05, 3.63) is 88.7 Å². The van der Waals surface area contributed by atoms with Crippen LogP contribution in [0.3, 0.4) is 0 Å². The Morgan fingerprint density at radius 1 is 1.07 bits per heavy atom. The minimum atomic E-state index is 0.534. The molecule has 4 heterocycles. The summed E-state index contributed by atoms with van der Waals surface area (Å²) in [6, 6.07) is 10.8. The van der Waals surface area contributed by atoms with E-state index in [0.717, 1.165) is 54.7 Å². The molecule has 3 aromatic heterocycles. The molecule has 1 aliphatic carbocycles. The first-order valence-electron chi connectivity index (χ1n) is 13.9. The molecule has 0 amide bonds. The van der Waals surface area contributed by atoms with E-state index in [1.54, 1.807) is 7.11 Å². The number of anilines is 2. The average molecular weight is 537 g/mol. The van der Waals surface area contributed by atoms with Crippen molar-refractivity contribution in [1.82, 2.24) is 34.4 Å². The number of ether oxygens (including phenoxy) is 1. The maximum atomic E-state index is 5.15. The molecular weight excluding hydrogens is 500 g/mol. The lowest BCUT2D eigenvalue weighted by molar-refractivity contribution is 0.183. The highest BCUT2D eigenvalue weighted by atomic mass is 16.5. The predicted molar refractivity (Wildman–Crippen MR) is 157 cm³/mol. The standard InChI is InChI=1S/C31H36N8O/c1-21-10-12-37(2)20-25(16-21)23-7-5-6-22(17-23)18-27-29-26(35-38(27)3)9-8-24-19-32-31(34-30(24)29)33-28-11-13-39(36-28)14-15-40-4/h5-7,11,13,16-17,19-20H,8-10,12,14-15,18H2,1-4H3,(H,32,33,34,36). The Labute approximate surface area is 235 Å². The highest BCUT2D eigenvalue weighted by molar-refractivity contribution is 5.76. The second kappa shape index (κ2) is 11.1. The summed E-state index contributed by atoms with van der Waals surface area (Å²) in [6.45, 7) is 4.56. The SMILES string of the molecule is COCCn1ccc(Nc2ncc3c(n2)-c2c(nn(C)c2Cc2cccc(C4=CN(C)CCC(C)=C4)c2)CC3)n1. The third-order valence-electron chi connectivity index (χ3n) is 7.63. The number of rotatable bonds is 8. The fourth-order valence-electron chi connectivity index (χ4n) is 5.48. The van der Waals surface area contributed by atoms with Crippen LogP contribution in [0.2, 0.25) is 0 Å². The van der Waals surface area contributed by atoms with Crippen LogP contribution in [0, 0.1) is 0 Å². The molecule has 1 aromatic carbocycles. The summed E-state index contributed by atoms with van der Waals surface area (Å²) in [6.07, 6.45) is 12.1. The fourth-order valence-corrected chi connectivity index (χ4v) is 5.48. The zero-order chi connectivity index (χ0) is 27.6. The van der Waals surface area contributed by atoms with E-state index < -0.39 is 0 Å². The smallest absolute Gasteiger partial charge is 0.228 e. The van der Waals surface area contributed by atoms with E-state index >= 15 is 0 Å². The molecule has 0 bridgehead atoms. The minimum absolute atomic E-state index is 0.534. The molecule has 40 heavy (non-hydrogen) atoms. The molecule has 4 aromatic rings. The Kier molecular flexibility index (Phi) is 7.21. The van der Waals surface area contributed by atoms with Gasteiger partial charge < -0.3 is 15.0 Å². The molecule has 9 nitrogen and oxygen atoms in total. The summed E-state index contributed by atoms with van der Waals surface area (Å²) in [5.74, 6) is 1.24. The molecule has 0 atom stereocenters. The van der Waals surface area contributed by atoms with Crippen LogP contribution in [-0.4, -0.2) is 61.7 Å². The lowest BCUT2D eigenvalue weighted by atomic mass is 9.91. The van der Waals surface area contributed by atoms with Gasteiger partial charge in [0.1, 0.15) is 0 Å². The van der Waals surface area contributed by atoms with Gasteiger partial charge in [0.05, 0.1) is 30.2 Å². The zero-order valence-corrected chi connectivity index (χ0v) is 23.7. The Hall–Kier alpha value is -4.24. The second-order valence-electron chi connectivity index (χ2n) is 10.7. The van der Waals surface area contributed by atoms with E-state index in [4.69, 9.17) is 14.8 Å². The zero-order valence-electron chi connectivity index (χ0n) is 23.7. The van der Waals surface area contributed by atoms with Crippen molar-refractivity contribution in [3.63, 3.8) is 0 Å². The van der Waals surface area contributed by atoms with E-state index in [1.807, 2.05) is 34.9 Å². The summed E-state index contributed by atoms with van der Waals surface area (Å²) >= 11 is 0. The lowest BCUT2D eigenvalue weighted by Crippen LogP contribution is -2.11. The number of aromatic nitrogens is 6. The molecule has 2 aliphatic rings. The molecule has 206 valence electrons. The summed E-state index contributed by atoms with van der Waals surface area (Å²) < 4.78 is 9.03. The monoisotopic (exact) mass is 536 g/mol. The third-order valence-corrected chi connectivity index (χ3v) is 7.63. The van der Waals surface area contributed by atoms with Gasteiger partial charge in [-0.3, -0.25) is 9.36 Å². The molecule has 6 rings (SSSR count). The predicted octanol–water partition coefficient (Wildman–Crippen LogP) is 4.78. The van der Waals surface area contributed by atoms with Crippen LogP contribution in [0.4, 0.5) is 11.8 Å². The maximum absolute atomic E-state index is 5.15. The first-order chi connectivity index (χ1) is 19.5. The topological polar surface area (TPSA) is 85.9 Å². The Morgan fingerprint density at radius 3 is 2.85 bits per heavy atom. The number of benzene rings is 1. The molecule has 0 saturated carbocycles. The second-order valence-corrected chi connectivity index (χ2v) is 10.7. The Morgan fingerprint density at radius 2 is 1.98 bits per heavy atom. The molecule has 0 fully saturated rings. The third kappa shape index (κ3) is 5.42. The van der Waals surface area contributed by atoms with E-state index in [0.29, 0.717) is 24.9 Å². The molecule has 1 N–H and O–H groups in total. The summed E-state index contributed by atoms with van der Waals surface area (Å²) in [7, 11) is 5.88. The summed E-state index contributed by atoms with van der Waals surface area (Å²) in [4.78, 5) is 11.9. The Balaban J connectivity index is 1.30. The van der Waals surface area contributed by atoms with Crippen LogP contribution in [-0.2, 0) is 37.6 Å². The van der Waals surface area contributed by atoms with Crippen molar-refractivity contribution in [2.45, 2.75) is 39.2 Å². The van der Waals surface area contributed by atoms with Gasteiger partial charge in [-0.15, -0.1) is 0 Å². The van der Waals surface area contributed by atoms with Gasteiger partial charge in [-0.25, -0.2) is 9.97 Å². The average Bonchev–Trinajstić information content (AvgIpc) is 3.48. The van der Waals surface area contributed by atoms with Gasteiger partial charge in [0.2, 0.25) is 5.95 Å². The van der Waals surface area contributed by atoms with Crippen LogP contribution in [0.1, 0.15) is 41.4 Å². The number of aryl methyl sites for hydroxylation is 3. The van der Waals surface area contributed by atoms with Crippen molar-refractivity contribution >= 4 is 17.3 Å². The highest BCUT2D eigenvalue weighted by Gasteiger charge is 2.26. The van der Waals surface area contributed by atoms with E-state index in [1.165, 1.54) is 28.0 Å². The number of methoxy groups -OCH3 is 1. The number of nitrogens with one attached hydrogen (secondary N) is 1. The van der Waals surface area contributed by atoms with Gasteiger partial charge in [0.25, 0.3) is 0 Å².